The van der Waals surface area contributed by atoms with Crippen molar-refractivity contribution in [3.8, 4) is 5.75 Å². The zero-order valence-corrected chi connectivity index (χ0v) is 16.5. The third kappa shape index (κ3) is 4.81. The predicted octanol–water partition coefficient (Wildman–Crippen LogP) is 5.03. The summed E-state index contributed by atoms with van der Waals surface area (Å²) in [5.74, 6) is -0.0236. The molecule has 3 aromatic rings. The summed E-state index contributed by atoms with van der Waals surface area (Å²) in [6, 6.07) is 12.2. The number of amides is 1. The lowest BCUT2D eigenvalue weighted by molar-refractivity contribution is -0.110. The van der Waals surface area contributed by atoms with Gasteiger partial charge in [0.25, 0.3) is 5.91 Å². The normalized spacial score (nSPS) is 14.3. The lowest BCUT2D eigenvalue weighted by Gasteiger charge is -2.08. The van der Waals surface area contributed by atoms with Crippen LogP contribution in [0.4, 0.5) is 14.5 Å². The van der Waals surface area contributed by atoms with Crippen LogP contribution in [0.25, 0.3) is 11.6 Å². The first-order valence-corrected chi connectivity index (χ1v) is 10.3. The Kier molecular flexibility index (Phi) is 5.89. The Morgan fingerprint density at radius 1 is 1.28 bits per heavy atom. The second-order valence-electron chi connectivity index (χ2n) is 6.04. The number of rotatable bonds is 7. The molecular formula is C20H15F2N3O2S2. The third-order valence-electron chi connectivity index (χ3n) is 4.08. The molecule has 5 nitrogen and oxygen atoms in total. The minimum Gasteiger partial charge on any atom is -0.435 e. The highest BCUT2D eigenvalue weighted by atomic mass is 32.2. The smallest absolute Gasteiger partial charge is 0.387 e. The largest absolute Gasteiger partial charge is 0.435 e. The van der Waals surface area contributed by atoms with Crippen molar-refractivity contribution in [2.24, 2.45) is 0 Å². The molecule has 1 aromatic heterocycles. The molecule has 0 radical (unpaired) electrons. The highest BCUT2D eigenvalue weighted by molar-refractivity contribution is 7.97. The van der Waals surface area contributed by atoms with Crippen LogP contribution in [0.2, 0.25) is 0 Å². The minimum absolute atomic E-state index is 0.128. The molecule has 1 amide bonds. The molecule has 2 aromatic carbocycles. The summed E-state index contributed by atoms with van der Waals surface area (Å²) < 4.78 is 32.3. The Labute approximate surface area is 173 Å². The van der Waals surface area contributed by atoms with Crippen molar-refractivity contribution in [3.05, 3.63) is 70.2 Å². The van der Waals surface area contributed by atoms with Gasteiger partial charge in [-0.25, -0.2) is 4.98 Å². The Morgan fingerprint density at radius 3 is 2.97 bits per heavy atom. The quantitative estimate of drug-likeness (QED) is 0.406. The van der Waals surface area contributed by atoms with Gasteiger partial charge in [0.1, 0.15) is 10.8 Å². The van der Waals surface area contributed by atoms with Crippen molar-refractivity contribution in [2.75, 3.05) is 5.32 Å². The number of carbonyl (C=O) groups excluding carboxylic acids is 1. The maximum Gasteiger partial charge on any atom is 0.387 e. The number of benzene rings is 2. The number of carbonyl (C=O) groups is 1. The molecule has 0 saturated heterocycles. The van der Waals surface area contributed by atoms with Crippen LogP contribution in [0, 0.1) is 0 Å². The average Bonchev–Trinajstić information content (AvgIpc) is 3.30. The Balaban J connectivity index is 1.44. The van der Waals surface area contributed by atoms with E-state index in [0.717, 1.165) is 26.7 Å². The van der Waals surface area contributed by atoms with Gasteiger partial charge in [-0.3, -0.25) is 9.52 Å². The van der Waals surface area contributed by atoms with E-state index in [0.29, 0.717) is 12.1 Å². The second kappa shape index (κ2) is 8.73. The van der Waals surface area contributed by atoms with E-state index in [2.05, 4.69) is 19.8 Å². The van der Waals surface area contributed by atoms with Gasteiger partial charge in [-0.05, 0) is 53.9 Å². The molecule has 0 bridgehead atoms. The lowest BCUT2D eigenvalue weighted by atomic mass is 10.1. The van der Waals surface area contributed by atoms with Crippen LogP contribution >= 0.6 is 23.3 Å². The van der Waals surface area contributed by atoms with E-state index in [1.807, 2.05) is 29.6 Å². The van der Waals surface area contributed by atoms with E-state index in [9.17, 15) is 13.6 Å². The number of nitrogens with zero attached hydrogens (tertiary/aromatic N) is 1. The van der Waals surface area contributed by atoms with Crippen molar-refractivity contribution in [3.63, 3.8) is 0 Å². The molecule has 29 heavy (non-hydrogen) atoms. The maximum atomic E-state index is 12.3. The fourth-order valence-electron chi connectivity index (χ4n) is 2.84. The summed E-state index contributed by atoms with van der Waals surface area (Å²) in [5.41, 5.74) is 2.98. The van der Waals surface area contributed by atoms with E-state index < -0.39 is 6.61 Å². The van der Waals surface area contributed by atoms with Crippen molar-refractivity contribution in [2.45, 2.75) is 18.1 Å². The molecule has 0 unspecified atom stereocenters. The highest BCUT2D eigenvalue weighted by Crippen LogP contribution is 2.35. The SMILES string of the molecule is O=C1Nc2ccc(SNCc3cccc(OC(F)F)c3)cc2/C1=C\c1nccs1. The number of aromatic nitrogens is 1. The number of hydrogen-bond acceptors (Lipinski definition) is 6. The van der Waals surface area contributed by atoms with Crippen molar-refractivity contribution in [1.82, 2.24) is 9.71 Å². The molecule has 4 rings (SSSR count). The first-order chi connectivity index (χ1) is 14.1. The maximum absolute atomic E-state index is 12.3. The van der Waals surface area contributed by atoms with Gasteiger partial charge >= 0.3 is 6.61 Å². The molecule has 2 heterocycles. The van der Waals surface area contributed by atoms with Crippen LogP contribution in [0.5, 0.6) is 5.75 Å². The molecule has 0 saturated carbocycles. The summed E-state index contributed by atoms with van der Waals surface area (Å²) in [4.78, 5) is 17.4. The molecule has 9 heteroatoms. The van der Waals surface area contributed by atoms with E-state index in [1.165, 1.54) is 29.4 Å². The number of anilines is 1. The van der Waals surface area contributed by atoms with Crippen molar-refractivity contribution < 1.29 is 18.3 Å². The van der Waals surface area contributed by atoms with Crippen molar-refractivity contribution in [1.29, 1.82) is 0 Å². The second-order valence-corrected chi connectivity index (χ2v) is 7.93. The summed E-state index contributed by atoms with van der Waals surface area (Å²) in [5, 5.41) is 5.48. The number of alkyl halides is 2. The van der Waals surface area contributed by atoms with Gasteiger partial charge in [-0.15, -0.1) is 11.3 Å². The van der Waals surface area contributed by atoms with Crippen LogP contribution < -0.4 is 14.8 Å². The van der Waals surface area contributed by atoms with Gasteiger partial charge in [-0.2, -0.15) is 8.78 Å². The molecule has 1 aliphatic heterocycles. The molecule has 0 atom stereocenters. The molecule has 2 N–H and O–H groups in total. The molecule has 0 aliphatic carbocycles. The number of ether oxygens (including phenoxy) is 1. The Morgan fingerprint density at radius 2 is 2.17 bits per heavy atom. The van der Waals surface area contributed by atoms with E-state index in [1.54, 1.807) is 24.4 Å². The fraction of sp³-hybridized carbons (Fsp3) is 0.100. The number of hydrogen-bond donors (Lipinski definition) is 2. The van der Waals surface area contributed by atoms with Gasteiger partial charge in [0.2, 0.25) is 0 Å². The van der Waals surface area contributed by atoms with Gasteiger partial charge in [0.05, 0.1) is 5.57 Å². The topological polar surface area (TPSA) is 63.2 Å². The van der Waals surface area contributed by atoms with Crippen LogP contribution in [0.15, 0.2) is 58.9 Å². The standard InChI is InChI=1S/C20H15F2N3O2S2/c21-20(22)27-13-3-1-2-12(8-13)11-24-29-14-4-5-17-15(9-14)16(19(26)25-17)10-18-23-6-7-28-18/h1-10,20,24H,11H2,(H,25,26)/b16-10+. The molecule has 148 valence electrons. The zero-order chi connectivity index (χ0) is 20.2. The number of fused-ring (bicyclic) bond motifs is 1. The molecule has 0 spiro atoms. The van der Waals surface area contributed by atoms with Crippen molar-refractivity contribution >= 4 is 46.5 Å². The molecular weight excluding hydrogens is 416 g/mol. The van der Waals surface area contributed by atoms with Crippen LogP contribution in [0.1, 0.15) is 16.1 Å². The number of nitrogens with one attached hydrogen (secondary N) is 2. The van der Waals surface area contributed by atoms with E-state index in [4.69, 9.17) is 0 Å². The monoisotopic (exact) mass is 431 g/mol. The summed E-state index contributed by atoms with van der Waals surface area (Å²) in [7, 11) is 0. The summed E-state index contributed by atoms with van der Waals surface area (Å²) in [6.07, 6.45) is 3.48. The minimum atomic E-state index is -2.85. The predicted molar refractivity (Wildman–Crippen MR) is 111 cm³/mol. The summed E-state index contributed by atoms with van der Waals surface area (Å²) >= 11 is 2.86. The van der Waals surface area contributed by atoms with E-state index >= 15 is 0 Å². The average molecular weight is 431 g/mol. The Bertz CT molecular complexity index is 1060. The van der Waals surface area contributed by atoms with Gasteiger partial charge in [0.15, 0.2) is 0 Å². The van der Waals surface area contributed by atoms with Crippen LogP contribution in [0.3, 0.4) is 0 Å². The van der Waals surface area contributed by atoms with Crippen LogP contribution in [-0.4, -0.2) is 17.5 Å². The first kappa shape index (κ1) is 19.6. The van der Waals surface area contributed by atoms with E-state index in [-0.39, 0.29) is 11.7 Å². The number of thiazole rings is 1. The third-order valence-corrected chi connectivity index (χ3v) is 5.58. The highest BCUT2D eigenvalue weighted by Gasteiger charge is 2.24. The first-order valence-electron chi connectivity index (χ1n) is 8.59. The van der Waals surface area contributed by atoms with Gasteiger partial charge in [-0.1, -0.05) is 12.1 Å². The number of halogens is 2. The van der Waals surface area contributed by atoms with Crippen LogP contribution in [-0.2, 0) is 11.3 Å². The fourth-order valence-corrected chi connectivity index (χ4v) is 4.12. The molecule has 1 aliphatic rings. The summed E-state index contributed by atoms with van der Waals surface area (Å²) in [6.45, 7) is -2.39. The Hall–Kier alpha value is -2.75. The lowest BCUT2D eigenvalue weighted by Crippen LogP contribution is -2.05. The van der Waals surface area contributed by atoms with Gasteiger partial charge < -0.3 is 10.1 Å². The molecule has 0 fully saturated rings. The zero-order valence-electron chi connectivity index (χ0n) is 14.9. The van der Waals surface area contributed by atoms with Gasteiger partial charge in [0, 0.05) is 34.3 Å².